The summed E-state index contributed by atoms with van der Waals surface area (Å²) in [4.78, 5) is 0. The number of hydrogen-bond donors (Lipinski definition) is 2. The molecule has 2 heteroatoms. The third-order valence-corrected chi connectivity index (χ3v) is 2.90. The molecule has 1 aromatic rings. The molecule has 0 aromatic heterocycles. The second-order valence-corrected chi connectivity index (χ2v) is 5.29. The van der Waals surface area contributed by atoms with Crippen molar-refractivity contribution < 1.29 is 10.2 Å². The lowest BCUT2D eigenvalue weighted by atomic mass is 9.86. The van der Waals surface area contributed by atoms with Gasteiger partial charge < -0.3 is 10.2 Å². The molecule has 0 amide bonds. The van der Waals surface area contributed by atoms with Gasteiger partial charge in [-0.1, -0.05) is 52.0 Å². The quantitative estimate of drug-likeness (QED) is 0.825. The smallest absolute Gasteiger partial charge is 0.105 e. The largest absolute Gasteiger partial charge is 0.390 e. The van der Waals surface area contributed by atoms with E-state index in [-0.39, 0.29) is 5.41 Å². The number of aliphatic hydroxyl groups excluding tert-OH is 2. The molecule has 0 aliphatic rings. The number of aliphatic hydroxyl groups is 2. The predicted octanol–water partition coefficient (Wildman–Crippen LogP) is 2.79. The topological polar surface area (TPSA) is 40.5 Å². The zero-order valence-electron chi connectivity index (χ0n) is 10.6. The first-order valence-corrected chi connectivity index (χ1v) is 5.83. The minimum absolute atomic E-state index is 0.118. The van der Waals surface area contributed by atoms with Crippen molar-refractivity contribution in [1.82, 2.24) is 0 Å². The van der Waals surface area contributed by atoms with E-state index in [1.165, 1.54) is 5.56 Å². The normalized spacial score (nSPS) is 15.9. The Labute approximate surface area is 97.9 Å². The van der Waals surface area contributed by atoms with Gasteiger partial charge in [0.25, 0.3) is 0 Å². The highest BCUT2D eigenvalue weighted by molar-refractivity contribution is 5.29. The molecule has 2 N–H and O–H groups in total. The van der Waals surface area contributed by atoms with Gasteiger partial charge in [-0.2, -0.15) is 0 Å². The molecule has 0 heterocycles. The van der Waals surface area contributed by atoms with Crippen molar-refractivity contribution in [1.29, 1.82) is 0 Å². The lowest BCUT2D eigenvalue weighted by molar-refractivity contribution is 0.0164. The van der Waals surface area contributed by atoms with E-state index < -0.39 is 12.2 Å². The van der Waals surface area contributed by atoms with E-state index in [0.29, 0.717) is 6.42 Å². The minimum Gasteiger partial charge on any atom is -0.390 e. The summed E-state index contributed by atoms with van der Waals surface area (Å²) in [5, 5.41) is 19.4. The van der Waals surface area contributed by atoms with E-state index in [9.17, 15) is 10.2 Å². The highest BCUT2D eigenvalue weighted by atomic mass is 16.3. The zero-order valence-corrected chi connectivity index (χ0v) is 10.6. The van der Waals surface area contributed by atoms with E-state index in [1.807, 2.05) is 31.2 Å². The monoisotopic (exact) mass is 222 g/mol. The van der Waals surface area contributed by atoms with Crippen LogP contribution in [0.3, 0.4) is 0 Å². The predicted molar refractivity (Wildman–Crippen MR) is 66.4 cm³/mol. The first kappa shape index (κ1) is 13.2. The second-order valence-electron chi connectivity index (χ2n) is 5.29. The van der Waals surface area contributed by atoms with Crippen molar-refractivity contribution in [3.63, 3.8) is 0 Å². The maximum Gasteiger partial charge on any atom is 0.105 e. The van der Waals surface area contributed by atoms with E-state index in [4.69, 9.17) is 0 Å². The highest BCUT2D eigenvalue weighted by Crippen LogP contribution is 2.25. The van der Waals surface area contributed by atoms with Crippen LogP contribution in [-0.4, -0.2) is 16.3 Å². The Morgan fingerprint density at radius 1 is 1.06 bits per heavy atom. The summed E-state index contributed by atoms with van der Waals surface area (Å²) in [6, 6.07) is 7.82. The van der Waals surface area contributed by atoms with E-state index >= 15 is 0 Å². The molecule has 0 spiro atoms. The summed E-state index contributed by atoms with van der Waals surface area (Å²) in [5.74, 6) is 0. The molecule has 2 nitrogen and oxygen atoms in total. The van der Waals surface area contributed by atoms with Crippen molar-refractivity contribution in [3.8, 4) is 0 Å². The number of hydrogen-bond acceptors (Lipinski definition) is 2. The molecule has 0 saturated heterocycles. The van der Waals surface area contributed by atoms with Gasteiger partial charge in [0.1, 0.15) is 6.10 Å². The van der Waals surface area contributed by atoms with Crippen molar-refractivity contribution in [2.24, 2.45) is 0 Å². The summed E-state index contributed by atoms with van der Waals surface area (Å²) in [7, 11) is 0. The Hall–Kier alpha value is -0.860. The Kier molecular flexibility index (Phi) is 4.11. The number of rotatable bonds is 3. The van der Waals surface area contributed by atoms with Crippen LogP contribution in [0, 0.1) is 0 Å². The molecule has 1 aromatic carbocycles. The molecular weight excluding hydrogens is 200 g/mol. The van der Waals surface area contributed by atoms with Crippen LogP contribution in [0.25, 0.3) is 0 Å². The molecule has 0 aliphatic carbocycles. The second kappa shape index (κ2) is 4.98. The molecular formula is C14H22O2. The van der Waals surface area contributed by atoms with E-state index in [1.54, 1.807) is 0 Å². The molecule has 1 rings (SSSR count). The summed E-state index contributed by atoms with van der Waals surface area (Å²) < 4.78 is 0. The van der Waals surface area contributed by atoms with Crippen molar-refractivity contribution in [2.75, 3.05) is 0 Å². The first-order valence-electron chi connectivity index (χ1n) is 5.83. The Morgan fingerprint density at radius 3 is 1.94 bits per heavy atom. The van der Waals surface area contributed by atoms with Gasteiger partial charge in [0.15, 0.2) is 0 Å². The van der Waals surface area contributed by atoms with Gasteiger partial charge in [-0.05, 0) is 23.0 Å². The van der Waals surface area contributed by atoms with Crippen LogP contribution in [0.15, 0.2) is 24.3 Å². The first-order chi connectivity index (χ1) is 7.36. The van der Waals surface area contributed by atoms with Gasteiger partial charge in [-0.15, -0.1) is 0 Å². The van der Waals surface area contributed by atoms with Crippen LogP contribution in [0.4, 0.5) is 0 Å². The SMILES string of the molecule is CCC(O)C(O)c1ccc(C(C)(C)C)cc1. The van der Waals surface area contributed by atoms with Crippen molar-refractivity contribution in [2.45, 2.75) is 51.7 Å². The summed E-state index contributed by atoms with van der Waals surface area (Å²) in [5.41, 5.74) is 2.13. The van der Waals surface area contributed by atoms with Crippen molar-refractivity contribution in [3.05, 3.63) is 35.4 Å². The van der Waals surface area contributed by atoms with Crippen LogP contribution in [0.2, 0.25) is 0 Å². The minimum atomic E-state index is -0.779. The summed E-state index contributed by atoms with van der Waals surface area (Å²) in [6.07, 6.45) is -0.901. The van der Waals surface area contributed by atoms with Crippen LogP contribution in [0.5, 0.6) is 0 Å². The zero-order chi connectivity index (χ0) is 12.3. The molecule has 2 unspecified atom stereocenters. The fourth-order valence-electron chi connectivity index (χ4n) is 1.63. The van der Waals surface area contributed by atoms with Gasteiger partial charge in [0.05, 0.1) is 6.10 Å². The standard InChI is InChI=1S/C14H22O2/c1-5-12(15)13(16)10-6-8-11(9-7-10)14(2,3)4/h6-9,12-13,15-16H,5H2,1-4H3. The maximum absolute atomic E-state index is 9.83. The van der Waals surface area contributed by atoms with E-state index in [0.717, 1.165) is 5.56 Å². The maximum atomic E-state index is 9.83. The molecule has 16 heavy (non-hydrogen) atoms. The van der Waals surface area contributed by atoms with Gasteiger partial charge in [-0.3, -0.25) is 0 Å². The molecule has 0 aliphatic heterocycles. The van der Waals surface area contributed by atoms with E-state index in [2.05, 4.69) is 20.8 Å². The molecule has 90 valence electrons. The third-order valence-electron chi connectivity index (χ3n) is 2.90. The average molecular weight is 222 g/mol. The van der Waals surface area contributed by atoms with Crippen LogP contribution < -0.4 is 0 Å². The highest BCUT2D eigenvalue weighted by Gasteiger charge is 2.18. The molecule has 0 saturated carbocycles. The van der Waals surface area contributed by atoms with Crippen molar-refractivity contribution >= 4 is 0 Å². The Balaban J connectivity index is 2.87. The summed E-state index contributed by atoms with van der Waals surface area (Å²) >= 11 is 0. The molecule has 0 fully saturated rings. The average Bonchev–Trinajstić information content (AvgIpc) is 2.26. The Morgan fingerprint density at radius 2 is 1.56 bits per heavy atom. The number of benzene rings is 1. The molecule has 0 bridgehead atoms. The summed E-state index contributed by atoms with van der Waals surface area (Å²) in [6.45, 7) is 8.31. The van der Waals surface area contributed by atoms with Gasteiger partial charge >= 0.3 is 0 Å². The fraction of sp³-hybridized carbons (Fsp3) is 0.571. The third kappa shape index (κ3) is 3.06. The lowest BCUT2D eigenvalue weighted by Gasteiger charge is -2.21. The van der Waals surface area contributed by atoms with Gasteiger partial charge in [-0.25, -0.2) is 0 Å². The van der Waals surface area contributed by atoms with Gasteiger partial charge in [0, 0.05) is 0 Å². The van der Waals surface area contributed by atoms with Crippen LogP contribution in [0.1, 0.15) is 51.3 Å². The van der Waals surface area contributed by atoms with Gasteiger partial charge in [0.2, 0.25) is 0 Å². The molecule has 2 atom stereocenters. The lowest BCUT2D eigenvalue weighted by Crippen LogP contribution is -2.17. The van der Waals surface area contributed by atoms with Crippen LogP contribution in [-0.2, 0) is 5.41 Å². The fourth-order valence-corrected chi connectivity index (χ4v) is 1.63. The van der Waals surface area contributed by atoms with Crippen LogP contribution >= 0.6 is 0 Å². The molecule has 0 radical (unpaired) electrons. The Bertz CT molecular complexity index is 322.